The number of nitrogens with one attached hydrogen (secondary N) is 1. The number of hydrogen-bond acceptors (Lipinski definition) is 3. The van der Waals surface area contributed by atoms with Crippen LogP contribution in [0.3, 0.4) is 0 Å². The molecule has 0 aliphatic heterocycles. The molecular weight excluding hydrogens is 202 g/mol. The molecule has 0 bridgehead atoms. The smallest absolute Gasteiger partial charge is 0.224 e. The molecule has 0 aromatic carbocycles. The van der Waals surface area contributed by atoms with Gasteiger partial charge in [0.1, 0.15) is 0 Å². The molecular formula is C9H14ClN3O. The van der Waals surface area contributed by atoms with E-state index in [1.54, 1.807) is 24.5 Å². The van der Waals surface area contributed by atoms with Crippen LogP contribution >= 0.6 is 12.4 Å². The predicted octanol–water partition coefficient (Wildman–Crippen LogP) is 1.18. The Bertz CT molecular complexity index is 266. The van der Waals surface area contributed by atoms with Gasteiger partial charge in [-0.25, -0.2) is 0 Å². The van der Waals surface area contributed by atoms with Crippen molar-refractivity contribution < 1.29 is 4.79 Å². The monoisotopic (exact) mass is 215 g/mol. The Balaban J connectivity index is 0.00000169. The summed E-state index contributed by atoms with van der Waals surface area (Å²) in [7, 11) is 0. The first-order valence-electron chi connectivity index (χ1n) is 4.23. The molecule has 1 amide bonds. The number of aromatic nitrogens is 1. The van der Waals surface area contributed by atoms with E-state index in [1.165, 1.54) is 0 Å². The van der Waals surface area contributed by atoms with Crippen molar-refractivity contribution in [1.29, 1.82) is 0 Å². The molecule has 1 rings (SSSR count). The van der Waals surface area contributed by atoms with Crippen LogP contribution in [0.5, 0.6) is 0 Å². The SMILES string of the molecule is Cl.NCCCC(=O)Nc1cccnc1. The lowest BCUT2D eigenvalue weighted by atomic mass is 10.3. The van der Waals surface area contributed by atoms with E-state index in [-0.39, 0.29) is 18.3 Å². The Morgan fingerprint density at radius 2 is 2.36 bits per heavy atom. The fourth-order valence-electron chi connectivity index (χ4n) is 0.923. The first-order valence-corrected chi connectivity index (χ1v) is 4.23. The van der Waals surface area contributed by atoms with Gasteiger partial charge in [-0.3, -0.25) is 9.78 Å². The summed E-state index contributed by atoms with van der Waals surface area (Å²) in [4.78, 5) is 15.1. The average Bonchev–Trinajstić information content (AvgIpc) is 2.16. The minimum atomic E-state index is -0.0153. The number of amides is 1. The van der Waals surface area contributed by atoms with Crippen molar-refractivity contribution in [2.24, 2.45) is 5.73 Å². The lowest BCUT2D eigenvalue weighted by Gasteiger charge is -2.02. The zero-order valence-electron chi connectivity index (χ0n) is 7.77. The standard InChI is InChI=1S/C9H13N3O.ClH/c10-5-1-4-9(13)12-8-3-2-6-11-7-8;/h2-3,6-7H,1,4-5,10H2,(H,12,13);1H. The Morgan fingerprint density at radius 3 is 2.93 bits per heavy atom. The number of pyridine rings is 1. The molecule has 3 N–H and O–H groups in total. The minimum absolute atomic E-state index is 0. The molecule has 4 nitrogen and oxygen atoms in total. The molecule has 1 aromatic rings. The summed E-state index contributed by atoms with van der Waals surface area (Å²) < 4.78 is 0. The third kappa shape index (κ3) is 4.79. The lowest BCUT2D eigenvalue weighted by molar-refractivity contribution is -0.116. The van der Waals surface area contributed by atoms with Gasteiger partial charge in [0.15, 0.2) is 0 Å². The molecule has 1 heterocycles. The van der Waals surface area contributed by atoms with Crippen LogP contribution in [0, 0.1) is 0 Å². The van der Waals surface area contributed by atoms with Crippen LogP contribution in [0.1, 0.15) is 12.8 Å². The Hall–Kier alpha value is -1.13. The normalized spacial score (nSPS) is 8.93. The summed E-state index contributed by atoms with van der Waals surface area (Å²) >= 11 is 0. The van der Waals surface area contributed by atoms with Gasteiger partial charge in [0, 0.05) is 12.6 Å². The van der Waals surface area contributed by atoms with Crippen molar-refractivity contribution in [2.45, 2.75) is 12.8 Å². The van der Waals surface area contributed by atoms with Gasteiger partial charge in [-0.1, -0.05) is 0 Å². The van der Waals surface area contributed by atoms with Crippen LogP contribution in [0.25, 0.3) is 0 Å². The number of nitrogens with zero attached hydrogens (tertiary/aromatic N) is 1. The van der Waals surface area contributed by atoms with E-state index in [2.05, 4.69) is 10.3 Å². The topological polar surface area (TPSA) is 68.0 Å². The number of carbonyl (C=O) groups excluding carboxylic acids is 1. The maximum Gasteiger partial charge on any atom is 0.224 e. The molecule has 0 unspecified atom stereocenters. The molecule has 0 radical (unpaired) electrons. The fourth-order valence-corrected chi connectivity index (χ4v) is 0.923. The van der Waals surface area contributed by atoms with E-state index < -0.39 is 0 Å². The quantitative estimate of drug-likeness (QED) is 0.793. The largest absolute Gasteiger partial charge is 0.330 e. The number of rotatable bonds is 4. The summed E-state index contributed by atoms with van der Waals surface area (Å²) in [6.07, 6.45) is 4.45. The van der Waals surface area contributed by atoms with Crippen molar-refractivity contribution in [2.75, 3.05) is 11.9 Å². The van der Waals surface area contributed by atoms with Crippen molar-refractivity contribution in [3.63, 3.8) is 0 Å². The van der Waals surface area contributed by atoms with Crippen LogP contribution in [0.15, 0.2) is 24.5 Å². The van der Waals surface area contributed by atoms with E-state index in [4.69, 9.17) is 5.73 Å². The number of halogens is 1. The second-order valence-corrected chi connectivity index (χ2v) is 2.68. The second kappa shape index (κ2) is 7.29. The highest BCUT2D eigenvalue weighted by atomic mass is 35.5. The van der Waals surface area contributed by atoms with Gasteiger partial charge < -0.3 is 11.1 Å². The molecule has 0 aliphatic rings. The summed E-state index contributed by atoms with van der Waals surface area (Å²) in [6, 6.07) is 3.58. The molecule has 78 valence electrons. The van der Waals surface area contributed by atoms with Gasteiger partial charge >= 0.3 is 0 Å². The van der Waals surface area contributed by atoms with Crippen molar-refractivity contribution in [1.82, 2.24) is 4.98 Å². The molecule has 0 saturated carbocycles. The molecule has 0 aliphatic carbocycles. The maximum atomic E-state index is 11.2. The molecule has 0 spiro atoms. The second-order valence-electron chi connectivity index (χ2n) is 2.68. The van der Waals surface area contributed by atoms with Gasteiger partial charge in [0.05, 0.1) is 11.9 Å². The lowest BCUT2D eigenvalue weighted by Crippen LogP contribution is -2.13. The fraction of sp³-hybridized carbons (Fsp3) is 0.333. The number of hydrogen-bond donors (Lipinski definition) is 2. The van der Waals surface area contributed by atoms with Crippen LogP contribution in [0.4, 0.5) is 5.69 Å². The van der Waals surface area contributed by atoms with E-state index in [0.29, 0.717) is 19.4 Å². The van der Waals surface area contributed by atoms with Crippen molar-refractivity contribution in [3.8, 4) is 0 Å². The zero-order chi connectivity index (χ0) is 9.52. The predicted molar refractivity (Wildman–Crippen MR) is 58.4 cm³/mol. The Kier molecular flexibility index (Phi) is 6.70. The molecule has 0 fully saturated rings. The zero-order valence-corrected chi connectivity index (χ0v) is 8.59. The average molecular weight is 216 g/mol. The molecule has 0 saturated heterocycles. The van der Waals surface area contributed by atoms with Gasteiger partial charge in [-0.05, 0) is 25.1 Å². The summed E-state index contributed by atoms with van der Waals surface area (Å²) in [5.74, 6) is -0.0153. The Labute approximate surface area is 89.3 Å². The van der Waals surface area contributed by atoms with Crippen LogP contribution < -0.4 is 11.1 Å². The highest BCUT2D eigenvalue weighted by molar-refractivity contribution is 5.90. The third-order valence-electron chi connectivity index (χ3n) is 1.55. The minimum Gasteiger partial charge on any atom is -0.330 e. The highest BCUT2D eigenvalue weighted by Gasteiger charge is 1.99. The van der Waals surface area contributed by atoms with Crippen molar-refractivity contribution >= 4 is 24.0 Å². The third-order valence-corrected chi connectivity index (χ3v) is 1.55. The molecule has 0 atom stereocenters. The summed E-state index contributed by atoms with van der Waals surface area (Å²) in [6.45, 7) is 0.542. The number of nitrogens with two attached hydrogens (primary N) is 1. The van der Waals surface area contributed by atoms with E-state index >= 15 is 0 Å². The van der Waals surface area contributed by atoms with Crippen molar-refractivity contribution in [3.05, 3.63) is 24.5 Å². The molecule has 1 aromatic heterocycles. The van der Waals surface area contributed by atoms with E-state index in [9.17, 15) is 4.79 Å². The van der Waals surface area contributed by atoms with E-state index in [0.717, 1.165) is 5.69 Å². The van der Waals surface area contributed by atoms with Crippen LogP contribution in [-0.4, -0.2) is 17.4 Å². The van der Waals surface area contributed by atoms with Crippen LogP contribution in [-0.2, 0) is 4.79 Å². The Morgan fingerprint density at radius 1 is 1.57 bits per heavy atom. The van der Waals surface area contributed by atoms with Crippen LogP contribution in [0.2, 0.25) is 0 Å². The summed E-state index contributed by atoms with van der Waals surface area (Å²) in [5, 5.41) is 2.72. The molecule has 14 heavy (non-hydrogen) atoms. The number of carbonyl (C=O) groups is 1. The highest BCUT2D eigenvalue weighted by Crippen LogP contribution is 2.03. The summed E-state index contributed by atoms with van der Waals surface area (Å²) in [5.41, 5.74) is 6.00. The van der Waals surface area contributed by atoms with Gasteiger partial charge in [0.2, 0.25) is 5.91 Å². The van der Waals surface area contributed by atoms with Gasteiger partial charge in [0.25, 0.3) is 0 Å². The van der Waals surface area contributed by atoms with Gasteiger partial charge in [-0.2, -0.15) is 0 Å². The first kappa shape index (κ1) is 12.9. The number of anilines is 1. The van der Waals surface area contributed by atoms with Gasteiger partial charge in [-0.15, -0.1) is 12.4 Å². The maximum absolute atomic E-state index is 11.2. The molecule has 5 heteroatoms. The first-order chi connectivity index (χ1) is 6.33. The van der Waals surface area contributed by atoms with E-state index in [1.807, 2.05) is 0 Å².